The maximum absolute atomic E-state index is 2.42. The summed E-state index contributed by atoms with van der Waals surface area (Å²) in [6, 6.07) is 54.3. The van der Waals surface area contributed by atoms with Gasteiger partial charge in [-0.25, -0.2) is 0 Å². The molecule has 12 rings (SSSR count). The summed E-state index contributed by atoms with van der Waals surface area (Å²) in [7, 11) is 0. The molecule has 8 aromatic carbocycles. The molecule has 0 unspecified atom stereocenters. The van der Waals surface area contributed by atoms with Crippen LogP contribution in [0.25, 0.3) is 65.4 Å². The van der Waals surface area contributed by atoms with Gasteiger partial charge in [0.25, 0.3) is 0 Å². The lowest BCUT2D eigenvalue weighted by atomic mass is 9.85. The lowest BCUT2D eigenvalue weighted by molar-refractivity contribution is 0.754. The zero-order valence-corrected chi connectivity index (χ0v) is 33.0. The monoisotopic (exact) mass is 720 g/mol. The Labute approximate surface area is 331 Å². The third kappa shape index (κ3) is 5.04. The van der Waals surface area contributed by atoms with Crippen LogP contribution in [0.3, 0.4) is 0 Å². The minimum atomic E-state index is 0.572. The van der Waals surface area contributed by atoms with Crippen LogP contribution in [0.5, 0.6) is 0 Å². The van der Waals surface area contributed by atoms with Gasteiger partial charge >= 0.3 is 0 Å². The van der Waals surface area contributed by atoms with E-state index in [9.17, 15) is 0 Å². The van der Waals surface area contributed by atoms with E-state index in [4.69, 9.17) is 0 Å². The summed E-state index contributed by atoms with van der Waals surface area (Å²) in [4.78, 5) is 0. The Morgan fingerprint density at radius 3 is 0.714 bits per heavy atom. The molecule has 0 N–H and O–H groups in total. The van der Waals surface area contributed by atoms with Crippen LogP contribution >= 0.6 is 0 Å². The highest BCUT2D eigenvalue weighted by Crippen LogP contribution is 2.53. The van der Waals surface area contributed by atoms with E-state index < -0.39 is 0 Å². The Morgan fingerprint density at radius 2 is 0.482 bits per heavy atom. The molecule has 4 aliphatic carbocycles. The molecule has 272 valence electrons. The fourth-order valence-corrected chi connectivity index (χ4v) is 11.5. The van der Waals surface area contributed by atoms with E-state index in [2.05, 4.69) is 173 Å². The number of rotatable bonds is 0. The minimum Gasteiger partial charge on any atom is -0.0616 e. The average molecular weight is 721 g/mol. The van der Waals surface area contributed by atoms with Crippen molar-refractivity contribution in [2.75, 3.05) is 0 Å². The van der Waals surface area contributed by atoms with E-state index in [1.54, 1.807) is 22.3 Å². The molecule has 0 heterocycles. The molecule has 0 nitrogen and oxygen atoms in total. The molecule has 8 aromatic rings. The van der Waals surface area contributed by atoms with E-state index in [0.29, 0.717) is 23.7 Å². The van der Waals surface area contributed by atoms with Crippen LogP contribution in [-0.2, 0) is 25.7 Å². The summed E-state index contributed by atoms with van der Waals surface area (Å²) in [6.45, 7) is 9.69. The van der Waals surface area contributed by atoms with Crippen LogP contribution in [-0.4, -0.2) is 0 Å². The molecule has 0 heteroatoms. The summed E-state index contributed by atoms with van der Waals surface area (Å²) in [5.41, 5.74) is 18.6. The zero-order valence-electron chi connectivity index (χ0n) is 33.0. The van der Waals surface area contributed by atoms with Gasteiger partial charge in [0.1, 0.15) is 0 Å². The van der Waals surface area contributed by atoms with Crippen LogP contribution < -0.4 is 0 Å². The molecule has 0 amide bonds. The minimum absolute atomic E-state index is 0.572. The van der Waals surface area contributed by atoms with Crippen LogP contribution in [0.2, 0.25) is 0 Å². The number of benzene rings is 8. The predicted molar refractivity (Wildman–Crippen MR) is 241 cm³/mol. The third-order valence-corrected chi connectivity index (χ3v) is 13.8. The average Bonchev–Trinajstić information content (AvgIpc) is 3.95. The van der Waals surface area contributed by atoms with Crippen molar-refractivity contribution in [1.29, 1.82) is 0 Å². The number of hydrogen-bond acceptors (Lipinski definition) is 0. The van der Waals surface area contributed by atoms with Crippen LogP contribution in [0.15, 0.2) is 146 Å². The Morgan fingerprint density at radius 1 is 0.268 bits per heavy atom. The first kappa shape index (κ1) is 33.6. The Balaban J connectivity index is 0.000000130. The molecule has 0 bridgehead atoms. The van der Waals surface area contributed by atoms with Gasteiger partial charge in [0.15, 0.2) is 0 Å². The molecule has 0 aliphatic heterocycles. The smallest absolute Gasteiger partial charge is 0.0106 e. The lowest BCUT2D eigenvalue weighted by Gasteiger charge is -2.18. The molecule has 0 saturated heterocycles. The van der Waals surface area contributed by atoms with E-state index in [-0.39, 0.29) is 0 Å². The Hall–Kier alpha value is -5.72. The second-order valence-corrected chi connectivity index (χ2v) is 17.4. The van der Waals surface area contributed by atoms with Gasteiger partial charge in [0.2, 0.25) is 0 Å². The zero-order chi connectivity index (χ0) is 37.7. The first-order valence-electron chi connectivity index (χ1n) is 21.0. The summed E-state index contributed by atoms with van der Waals surface area (Å²) in [5, 5.41) is 11.1. The lowest BCUT2D eigenvalue weighted by Crippen LogP contribution is -2.00. The van der Waals surface area contributed by atoms with E-state index in [1.807, 2.05) is 0 Å². The van der Waals surface area contributed by atoms with Crippen LogP contribution in [0.4, 0.5) is 0 Å². The van der Waals surface area contributed by atoms with Crippen LogP contribution in [0, 0.1) is 23.7 Å². The normalized spacial score (nSPS) is 23.4. The van der Waals surface area contributed by atoms with Gasteiger partial charge in [-0.3, -0.25) is 0 Å². The molecule has 0 radical (unpaired) electrons. The molecule has 0 spiro atoms. The van der Waals surface area contributed by atoms with Gasteiger partial charge < -0.3 is 0 Å². The highest BCUT2D eigenvalue weighted by molar-refractivity contribution is 6.11. The van der Waals surface area contributed by atoms with Gasteiger partial charge in [-0.1, -0.05) is 173 Å². The first-order chi connectivity index (χ1) is 27.4. The van der Waals surface area contributed by atoms with E-state index in [1.165, 1.54) is 87.6 Å². The number of fused-ring (bicyclic) bond motifs is 12. The van der Waals surface area contributed by atoms with Crippen molar-refractivity contribution < 1.29 is 0 Å². The standard InChI is InChI=1S/2C28H24/c2*1-17-15-21-13-11-19-7-3-5-9-23(19)27(21)25(17)26-18(2)16-22-14-12-20-8-4-6-10-24(20)28(22)26/h2*3-14,17-18H,15-16H2,1-2H3/b2*26-25-/t2*17-,18-/m10/s1. The quantitative estimate of drug-likeness (QED) is 0.146. The molecule has 0 aromatic heterocycles. The maximum atomic E-state index is 2.42. The molecule has 4 atom stereocenters. The topological polar surface area (TPSA) is 0 Å². The van der Waals surface area contributed by atoms with Crippen molar-refractivity contribution >= 4 is 65.4 Å². The van der Waals surface area contributed by atoms with Crippen LogP contribution in [0.1, 0.15) is 72.2 Å². The highest BCUT2D eigenvalue weighted by atomic mass is 14.4. The van der Waals surface area contributed by atoms with E-state index in [0.717, 1.165) is 25.7 Å². The fraction of sp³-hybridized carbons (Fsp3) is 0.214. The molecular weight excluding hydrogens is 673 g/mol. The highest BCUT2D eigenvalue weighted by Gasteiger charge is 2.36. The summed E-state index contributed by atoms with van der Waals surface area (Å²) >= 11 is 0. The van der Waals surface area contributed by atoms with Gasteiger partial charge in [-0.2, -0.15) is 0 Å². The number of allylic oxidation sites excluding steroid dienone is 4. The number of hydrogen-bond donors (Lipinski definition) is 0. The van der Waals surface area contributed by atoms with Gasteiger partial charge in [0.05, 0.1) is 0 Å². The van der Waals surface area contributed by atoms with Crippen molar-refractivity contribution in [2.45, 2.75) is 53.4 Å². The second kappa shape index (κ2) is 12.9. The SMILES string of the molecule is C[C@@H]1Cc2ccc3ccccc3c2/C1=C1\c2c(ccc3ccccc23)C[C@H]1C.C[C@H]1Cc2ccc3ccccc3c2/C1=C1\c2c(ccc3ccccc23)C[C@@H]1C. The van der Waals surface area contributed by atoms with Crippen molar-refractivity contribution in [3.63, 3.8) is 0 Å². The van der Waals surface area contributed by atoms with Gasteiger partial charge in [-0.05, 0) is 159 Å². The Kier molecular flexibility index (Phi) is 7.75. The predicted octanol–water partition coefficient (Wildman–Crippen LogP) is 14.6. The molecular formula is C56H48. The third-order valence-electron chi connectivity index (χ3n) is 13.8. The maximum Gasteiger partial charge on any atom is -0.0106 e. The molecule has 56 heavy (non-hydrogen) atoms. The first-order valence-corrected chi connectivity index (χ1v) is 21.0. The molecule has 0 saturated carbocycles. The van der Waals surface area contributed by atoms with Crippen molar-refractivity contribution in [3.05, 3.63) is 190 Å². The van der Waals surface area contributed by atoms with Gasteiger partial charge in [-0.15, -0.1) is 0 Å². The fourth-order valence-electron chi connectivity index (χ4n) is 11.5. The van der Waals surface area contributed by atoms with Crippen molar-refractivity contribution in [1.82, 2.24) is 0 Å². The molecule has 4 aliphatic rings. The van der Waals surface area contributed by atoms with E-state index >= 15 is 0 Å². The summed E-state index contributed by atoms with van der Waals surface area (Å²) in [5.74, 6) is 2.29. The summed E-state index contributed by atoms with van der Waals surface area (Å²) in [6.07, 6.45) is 4.63. The second-order valence-electron chi connectivity index (χ2n) is 17.4. The summed E-state index contributed by atoms with van der Waals surface area (Å²) < 4.78 is 0. The van der Waals surface area contributed by atoms with Crippen molar-refractivity contribution in [2.24, 2.45) is 23.7 Å². The largest absolute Gasteiger partial charge is 0.0616 e. The van der Waals surface area contributed by atoms with Crippen molar-refractivity contribution in [3.8, 4) is 0 Å². The molecule has 0 fully saturated rings. The Bertz CT molecular complexity index is 2580. The van der Waals surface area contributed by atoms with Gasteiger partial charge in [0, 0.05) is 0 Å².